The number of carbonyl (C=O) groups excluding carboxylic acids is 1. The minimum absolute atomic E-state index is 0. The van der Waals surface area contributed by atoms with Crippen LogP contribution in [0.2, 0.25) is 0 Å². The lowest BCUT2D eigenvalue weighted by Gasteiger charge is -2.25. The summed E-state index contributed by atoms with van der Waals surface area (Å²) >= 11 is 0. The predicted molar refractivity (Wildman–Crippen MR) is 98.0 cm³/mol. The second kappa shape index (κ2) is 9.14. The van der Waals surface area contributed by atoms with Gasteiger partial charge in [-0.15, -0.1) is 12.4 Å². The molecule has 24 heavy (non-hydrogen) atoms. The van der Waals surface area contributed by atoms with Gasteiger partial charge in [-0.25, -0.2) is 0 Å². The first-order valence-corrected chi connectivity index (χ1v) is 8.49. The molecule has 1 amide bonds. The van der Waals surface area contributed by atoms with Gasteiger partial charge in [0.1, 0.15) is 0 Å². The molecule has 1 atom stereocenters. The minimum Gasteiger partial charge on any atom is -0.490 e. The highest BCUT2D eigenvalue weighted by Crippen LogP contribution is 2.32. The molecule has 1 aromatic carbocycles. The SMILES string of the molecule is CCOc1ccc(C(C)NC(=O)C2(N)CCCC2)cc1OCC.Cl. The largest absolute Gasteiger partial charge is 0.490 e. The average molecular weight is 357 g/mol. The summed E-state index contributed by atoms with van der Waals surface area (Å²) in [6.45, 7) is 6.99. The van der Waals surface area contributed by atoms with E-state index in [1.807, 2.05) is 39.0 Å². The molecule has 1 saturated carbocycles. The number of ether oxygens (including phenoxy) is 2. The highest BCUT2D eigenvalue weighted by Gasteiger charge is 2.37. The van der Waals surface area contributed by atoms with Crippen LogP contribution in [0.3, 0.4) is 0 Å². The van der Waals surface area contributed by atoms with Crippen LogP contribution in [0.5, 0.6) is 11.5 Å². The highest BCUT2D eigenvalue weighted by molar-refractivity contribution is 5.86. The molecule has 1 aliphatic rings. The van der Waals surface area contributed by atoms with Gasteiger partial charge in [-0.2, -0.15) is 0 Å². The maximum absolute atomic E-state index is 12.4. The maximum Gasteiger partial charge on any atom is 0.240 e. The Kier molecular flexibility index (Phi) is 7.84. The molecule has 2 rings (SSSR count). The van der Waals surface area contributed by atoms with Gasteiger partial charge in [0.2, 0.25) is 5.91 Å². The Morgan fingerprint density at radius 3 is 2.38 bits per heavy atom. The van der Waals surface area contributed by atoms with Gasteiger partial charge < -0.3 is 20.5 Å². The molecule has 1 unspecified atom stereocenters. The molecule has 0 saturated heterocycles. The summed E-state index contributed by atoms with van der Waals surface area (Å²) in [5.41, 5.74) is 6.49. The molecule has 0 aliphatic heterocycles. The summed E-state index contributed by atoms with van der Waals surface area (Å²) in [4.78, 5) is 12.4. The molecule has 0 spiro atoms. The quantitative estimate of drug-likeness (QED) is 0.785. The summed E-state index contributed by atoms with van der Waals surface area (Å²) < 4.78 is 11.2. The topological polar surface area (TPSA) is 73.6 Å². The van der Waals surface area contributed by atoms with Crippen molar-refractivity contribution in [3.8, 4) is 11.5 Å². The smallest absolute Gasteiger partial charge is 0.240 e. The van der Waals surface area contributed by atoms with E-state index in [9.17, 15) is 4.79 Å². The summed E-state index contributed by atoms with van der Waals surface area (Å²) in [5, 5.41) is 3.04. The Morgan fingerprint density at radius 1 is 1.21 bits per heavy atom. The summed E-state index contributed by atoms with van der Waals surface area (Å²) in [7, 11) is 0. The fourth-order valence-electron chi connectivity index (χ4n) is 2.99. The van der Waals surface area contributed by atoms with Crippen LogP contribution in [0.1, 0.15) is 58.1 Å². The summed E-state index contributed by atoms with van der Waals surface area (Å²) in [5.74, 6) is 1.37. The number of amides is 1. The van der Waals surface area contributed by atoms with E-state index in [0.29, 0.717) is 19.0 Å². The first kappa shape index (κ1) is 20.6. The van der Waals surface area contributed by atoms with Gasteiger partial charge in [-0.05, 0) is 51.3 Å². The standard InChI is InChI=1S/C18H28N2O3.ClH/c1-4-22-15-9-8-14(12-16(15)23-5-2)13(3)20-17(21)18(19)10-6-7-11-18;/h8-9,12-13H,4-7,10-11,19H2,1-3H3,(H,20,21);1H. The van der Waals surface area contributed by atoms with E-state index >= 15 is 0 Å². The molecule has 1 fully saturated rings. The third kappa shape index (κ3) is 4.77. The second-order valence-electron chi connectivity index (χ2n) is 6.13. The third-order valence-corrected chi connectivity index (χ3v) is 4.36. The molecule has 0 heterocycles. The van der Waals surface area contributed by atoms with Crippen LogP contribution >= 0.6 is 12.4 Å². The van der Waals surface area contributed by atoms with Crippen molar-refractivity contribution in [3.05, 3.63) is 23.8 Å². The number of rotatable bonds is 7. The van der Waals surface area contributed by atoms with Gasteiger partial charge in [0.25, 0.3) is 0 Å². The van der Waals surface area contributed by atoms with E-state index in [1.54, 1.807) is 0 Å². The van der Waals surface area contributed by atoms with Gasteiger partial charge in [-0.1, -0.05) is 18.9 Å². The number of nitrogens with one attached hydrogen (secondary N) is 1. The Labute approximate surface area is 150 Å². The first-order chi connectivity index (χ1) is 11.0. The highest BCUT2D eigenvalue weighted by atomic mass is 35.5. The van der Waals surface area contributed by atoms with E-state index in [0.717, 1.165) is 37.0 Å². The van der Waals surface area contributed by atoms with Crippen molar-refractivity contribution in [1.82, 2.24) is 5.32 Å². The zero-order chi connectivity index (χ0) is 16.9. The van der Waals surface area contributed by atoms with Crippen LogP contribution in [-0.2, 0) is 4.79 Å². The van der Waals surface area contributed by atoms with Crippen molar-refractivity contribution >= 4 is 18.3 Å². The fraction of sp³-hybridized carbons (Fsp3) is 0.611. The zero-order valence-electron chi connectivity index (χ0n) is 14.8. The van der Waals surface area contributed by atoms with E-state index in [-0.39, 0.29) is 24.4 Å². The molecule has 5 nitrogen and oxygen atoms in total. The molecule has 6 heteroatoms. The van der Waals surface area contributed by atoms with Crippen molar-refractivity contribution in [2.45, 2.75) is 58.0 Å². The molecule has 0 aromatic heterocycles. The van der Waals surface area contributed by atoms with Crippen molar-refractivity contribution in [3.63, 3.8) is 0 Å². The van der Waals surface area contributed by atoms with Crippen molar-refractivity contribution < 1.29 is 14.3 Å². The minimum atomic E-state index is -0.706. The van der Waals surface area contributed by atoms with Gasteiger partial charge in [0.05, 0.1) is 24.8 Å². The normalized spacial score (nSPS) is 16.8. The van der Waals surface area contributed by atoms with Crippen LogP contribution in [0.25, 0.3) is 0 Å². The third-order valence-electron chi connectivity index (χ3n) is 4.36. The van der Waals surface area contributed by atoms with E-state index in [4.69, 9.17) is 15.2 Å². The molecule has 1 aliphatic carbocycles. The molecule has 3 N–H and O–H groups in total. The van der Waals surface area contributed by atoms with Crippen LogP contribution in [0.15, 0.2) is 18.2 Å². The van der Waals surface area contributed by atoms with Gasteiger partial charge in [0.15, 0.2) is 11.5 Å². The molecule has 0 bridgehead atoms. The summed E-state index contributed by atoms with van der Waals surface area (Å²) in [6, 6.07) is 5.65. The molecular formula is C18H29ClN2O3. The van der Waals surface area contributed by atoms with Crippen LogP contribution in [0.4, 0.5) is 0 Å². The number of nitrogens with two attached hydrogens (primary N) is 1. The summed E-state index contributed by atoms with van der Waals surface area (Å²) in [6.07, 6.45) is 3.57. The second-order valence-corrected chi connectivity index (χ2v) is 6.13. The number of benzene rings is 1. The zero-order valence-corrected chi connectivity index (χ0v) is 15.6. The lowest BCUT2D eigenvalue weighted by Crippen LogP contribution is -2.52. The van der Waals surface area contributed by atoms with Crippen LogP contribution in [-0.4, -0.2) is 24.7 Å². The van der Waals surface area contributed by atoms with Crippen LogP contribution in [0, 0.1) is 0 Å². The van der Waals surface area contributed by atoms with Crippen molar-refractivity contribution in [2.24, 2.45) is 5.73 Å². The number of hydrogen-bond acceptors (Lipinski definition) is 4. The van der Waals surface area contributed by atoms with E-state index < -0.39 is 5.54 Å². The Hall–Kier alpha value is -1.46. The predicted octanol–water partition coefficient (Wildman–Crippen LogP) is 3.35. The molecular weight excluding hydrogens is 328 g/mol. The first-order valence-electron chi connectivity index (χ1n) is 8.49. The molecule has 1 aromatic rings. The monoisotopic (exact) mass is 356 g/mol. The maximum atomic E-state index is 12.4. The Balaban J connectivity index is 0.00000288. The van der Waals surface area contributed by atoms with E-state index in [1.165, 1.54) is 0 Å². The van der Waals surface area contributed by atoms with Crippen molar-refractivity contribution in [1.29, 1.82) is 0 Å². The number of halogens is 1. The van der Waals surface area contributed by atoms with Crippen LogP contribution < -0.4 is 20.5 Å². The Morgan fingerprint density at radius 2 is 1.79 bits per heavy atom. The number of carbonyl (C=O) groups is 1. The van der Waals surface area contributed by atoms with Gasteiger partial charge in [0, 0.05) is 0 Å². The van der Waals surface area contributed by atoms with Crippen molar-refractivity contribution in [2.75, 3.05) is 13.2 Å². The molecule has 136 valence electrons. The lowest BCUT2D eigenvalue weighted by atomic mass is 9.97. The van der Waals surface area contributed by atoms with Gasteiger partial charge in [-0.3, -0.25) is 4.79 Å². The molecule has 0 radical (unpaired) electrons. The van der Waals surface area contributed by atoms with Gasteiger partial charge >= 0.3 is 0 Å². The number of hydrogen-bond donors (Lipinski definition) is 2. The Bertz CT molecular complexity index is 545. The fourth-order valence-corrected chi connectivity index (χ4v) is 2.99. The van der Waals surface area contributed by atoms with E-state index in [2.05, 4.69) is 5.32 Å². The average Bonchev–Trinajstić information content (AvgIpc) is 2.97. The lowest BCUT2D eigenvalue weighted by molar-refractivity contribution is -0.126.